The van der Waals surface area contributed by atoms with E-state index in [2.05, 4.69) is 91.0 Å². The van der Waals surface area contributed by atoms with Gasteiger partial charge in [-0.15, -0.1) is 11.3 Å². The maximum absolute atomic E-state index is 2.41. The van der Waals surface area contributed by atoms with Crippen LogP contribution >= 0.6 is 11.3 Å². The molecule has 0 unspecified atom stereocenters. The van der Waals surface area contributed by atoms with Crippen LogP contribution in [0.15, 0.2) is 91.0 Å². The standard InChI is InChI=1S/C25H16S/c1-3-10-20-17(7-1)18-8-2-4-11-21(18)25(20)16-13-14-24-22(15-16)19-9-5-6-12-23(19)26-24/h1-15,25H. The highest BCUT2D eigenvalue weighted by Crippen LogP contribution is 2.48. The minimum atomic E-state index is 0.325. The van der Waals surface area contributed by atoms with Gasteiger partial charge in [-0.3, -0.25) is 0 Å². The molecule has 0 radical (unpaired) electrons. The fourth-order valence-corrected chi connectivity index (χ4v) is 5.52. The van der Waals surface area contributed by atoms with Gasteiger partial charge in [-0.2, -0.15) is 0 Å². The summed E-state index contributed by atoms with van der Waals surface area (Å²) in [6.45, 7) is 0. The molecule has 0 bridgehead atoms. The van der Waals surface area contributed by atoms with Crippen LogP contribution in [-0.4, -0.2) is 0 Å². The van der Waals surface area contributed by atoms with Crippen LogP contribution in [0.2, 0.25) is 0 Å². The van der Waals surface area contributed by atoms with Crippen LogP contribution in [0, 0.1) is 0 Å². The van der Waals surface area contributed by atoms with Gasteiger partial charge in [0.05, 0.1) is 0 Å². The smallest absolute Gasteiger partial charge is 0.0355 e. The molecule has 0 aliphatic heterocycles. The van der Waals surface area contributed by atoms with Crippen molar-refractivity contribution in [2.75, 3.05) is 0 Å². The molecule has 26 heavy (non-hydrogen) atoms. The molecule has 6 rings (SSSR count). The Kier molecular flexibility index (Phi) is 2.91. The van der Waals surface area contributed by atoms with E-state index in [-0.39, 0.29) is 0 Å². The van der Waals surface area contributed by atoms with Crippen LogP contribution in [0.25, 0.3) is 31.3 Å². The van der Waals surface area contributed by atoms with Crippen molar-refractivity contribution in [3.63, 3.8) is 0 Å². The minimum Gasteiger partial charge on any atom is -0.135 e. The van der Waals surface area contributed by atoms with Gasteiger partial charge in [-0.05, 0) is 46.0 Å². The molecule has 0 nitrogen and oxygen atoms in total. The predicted molar refractivity (Wildman–Crippen MR) is 112 cm³/mol. The summed E-state index contributed by atoms with van der Waals surface area (Å²) in [4.78, 5) is 0. The summed E-state index contributed by atoms with van der Waals surface area (Å²) in [6, 6.07) is 33.5. The van der Waals surface area contributed by atoms with Crippen LogP contribution in [0.4, 0.5) is 0 Å². The normalized spacial score (nSPS) is 13.2. The van der Waals surface area contributed by atoms with Gasteiger partial charge < -0.3 is 0 Å². The highest BCUT2D eigenvalue weighted by Gasteiger charge is 2.29. The highest BCUT2D eigenvalue weighted by molar-refractivity contribution is 7.25. The van der Waals surface area contributed by atoms with Crippen LogP contribution in [-0.2, 0) is 0 Å². The second-order valence-electron chi connectivity index (χ2n) is 6.96. The van der Waals surface area contributed by atoms with E-state index < -0.39 is 0 Å². The van der Waals surface area contributed by atoms with Gasteiger partial charge >= 0.3 is 0 Å². The average molecular weight is 348 g/mol. The zero-order chi connectivity index (χ0) is 17.1. The van der Waals surface area contributed by atoms with Crippen molar-refractivity contribution in [3.05, 3.63) is 108 Å². The Hall–Kier alpha value is -2.90. The molecule has 1 heteroatoms. The summed E-state index contributed by atoms with van der Waals surface area (Å²) in [5, 5.41) is 2.75. The fraction of sp³-hybridized carbons (Fsp3) is 0.0400. The molecule has 0 amide bonds. The lowest BCUT2D eigenvalue weighted by Gasteiger charge is -2.14. The zero-order valence-electron chi connectivity index (χ0n) is 14.1. The van der Waals surface area contributed by atoms with Gasteiger partial charge in [0.1, 0.15) is 0 Å². The molecule has 4 aromatic carbocycles. The SMILES string of the molecule is c1ccc2c(c1)-c1ccccc1C2c1ccc2sc3ccccc3c2c1. The Morgan fingerprint density at radius 3 is 1.92 bits per heavy atom. The molecule has 0 spiro atoms. The van der Waals surface area contributed by atoms with Crippen molar-refractivity contribution in [1.29, 1.82) is 0 Å². The summed E-state index contributed by atoms with van der Waals surface area (Å²) in [7, 11) is 0. The highest BCUT2D eigenvalue weighted by atomic mass is 32.1. The molecule has 0 saturated carbocycles. The first kappa shape index (κ1) is 14.3. The molecule has 0 fully saturated rings. The first-order valence-electron chi connectivity index (χ1n) is 8.99. The summed E-state index contributed by atoms with van der Waals surface area (Å²) < 4.78 is 2.74. The van der Waals surface area contributed by atoms with Gasteiger partial charge in [0.2, 0.25) is 0 Å². The fourth-order valence-electron chi connectivity index (χ4n) is 4.44. The van der Waals surface area contributed by atoms with E-state index in [1.54, 1.807) is 0 Å². The van der Waals surface area contributed by atoms with Crippen molar-refractivity contribution in [3.8, 4) is 11.1 Å². The molecule has 1 aliphatic rings. The van der Waals surface area contributed by atoms with E-state index in [0.29, 0.717) is 5.92 Å². The summed E-state index contributed by atoms with van der Waals surface area (Å²) in [5.74, 6) is 0.325. The van der Waals surface area contributed by atoms with Crippen LogP contribution in [0.5, 0.6) is 0 Å². The van der Waals surface area contributed by atoms with Crippen LogP contribution in [0.1, 0.15) is 22.6 Å². The molecular formula is C25H16S. The predicted octanol–water partition coefficient (Wildman–Crippen LogP) is 7.22. The Morgan fingerprint density at radius 1 is 0.538 bits per heavy atom. The number of fused-ring (bicyclic) bond motifs is 6. The lowest BCUT2D eigenvalue weighted by atomic mass is 9.88. The summed E-state index contributed by atoms with van der Waals surface area (Å²) >= 11 is 1.88. The molecule has 122 valence electrons. The number of hydrogen-bond acceptors (Lipinski definition) is 1. The van der Waals surface area contributed by atoms with Gasteiger partial charge in [0.25, 0.3) is 0 Å². The van der Waals surface area contributed by atoms with Crippen LogP contribution < -0.4 is 0 Å². The Bertz CT molecular complexity index is 1250. The van der Waals surface area contributed by atoms with E-state index in [9.17, 15) is 0 Å². The van der Waals surface area contributed by atoms with Crippen LogP contribution in [0.3, 0.4) is 0 Å². The van der Waals surface area contributed by atoms with Gasteiger partial charge in [-0.1, -0.05) is 72.8 Å². The number of rotatable bonds is 1. The zero-order valence-corrected chi connectivity index (χ0v) is 15.0. The largest absolute Gasteiger partial charge is 0.135 e. The second-order valence-corrected chi connectivity index (χ2v) is 8.05. The van der Waals surface area contributed by atoms with Crippen molar-refractivity contribution in [1.82, 2.24) is 0 Å². The lowest BCUT2D eigenvalue weighted by Crippen LogP contribution is -1.98. The van der Waals surface area contributed by atoms with Crippen molar-refractivity contribution < 1.29 is 0 Å². The van der Waals surface area contributed by atoms with Crippen molar-refractivity contribution in [2.24, 2.45) is 0 Å². The summed E-state index contributed by atoms with van der Waals surface area (Å²) in [6.07, 6.45) is 0. The van der Waals surface area contributed by atoms with E-state index in [4.69, 9.17) is 0 Å². The third-order valence-electron chi connectivity index (χ3n) is 5.57. The Balaban J connectivity index is 1.64. The van der Waals surface area contributed by atoms with E-state index in [1.807, 2.05) is 11.3 Å². The third kappa shape index (κ3) is 1.89. The number of hydrogen-bond donors (Lipinski definition) is 0. The minimum absolute atomic E-state index is 0.325. The lowest BCUT2D eigenvalue weighted by molar-refractivity contribution is 1.02. The third-order valence-corrected chi connectivity index (χ3v) is 6.72. The van der Waals surface area contributed by atoms with Gasteiger partial charge in [0.15, 0.2) is 0 Å². The molecule has 5 aromatic rings. The molecule has 1 aromatic heterocycles. The van der Waals surface area contributed by atoms with E-state index in [0.717, 1.165) is 0 Å². The Labute approximate surface area is 156 Å². The molecule has 0 N–H and O–H groups in total. The number of benzene rings is 4. The van der Waals surface area contributed by atoms with E-state index in [1.165, 1.54) is 48.0 Å². The maximum atomic E-state index is 2.41. The van der Waals surface area contributed by atoms with Crippen molar-refractivity contribution in [2.45, 2.75) is 5.92 Å². The van der Waals surface area contributed by atoms with Gasteiger partial charge in [-0.25, -0.2) is 0 Å². The maximum Gasteiger partial charge on any atom is 0.0355 e. The molecule has 0 atom stereocenters. The summed E-state index contributed by atoms with van der Waals surface area (Å²) in [5.41, 5.74) is 6.99. The molecule has 1 aliphatic carbocycles. The monoisotopic (exact) mass is 348 g/mol. The first-order chi connectivity index (χ1) is 12.9. The average Bonchev–Trinajstić information content (AvgIpc) is 3.23. The molecule has 0 saturated heterocycles. The molecule has 1 heterocycles. The van der Waals surface area contributed by atoms with E-state index >= 15 is 0 Å². The molecular weight excluding hydrogens is 332 g/mol. The topological polar surface area (TPSA) is 0 Å². The van der Waals surface area contributed by atoms with Crippen molar-refractivity contribution >= 4 is 31.5 Å². The number of thiophene rings is 1. The Morgan fingerprint density at radius 2 is 1.15 bits per heavy atom. The first-order valence-corrected chi connectivity index (χ1v) is 9.81. The van der Waals surface area contributed by atoms with Gasteiger partial charge in [0, 0.05) is 26.1 Å². The quantitative estimate of drug-likeness (QED) is 0.294. The second kappa shape index (κ2) is 5.30.